The zero-order valence-corrected chi connectivity index (χ0v) is 12.6. The molecule has 2 aliphatic heterocycles. The minimum atomic E-state index is -0.238. The molecule has 2 saturated heterocycles. The third kappa shape index (κ3) is 3.95. The fraction of sp³-hybridized carbons (Fsp3) is 0.867. The van der Waals surface area contributed by atoms with Crippen LogP contribution in [-0.4, -0.2) is 60.5 Å². The lowest BCUT2D eigenvalue weighted by atomic mass is 10.1. The van der Waals surface area contributed by atoms with Gasteiger partial charge in [0.2, 0.25) is 5.91 Å². The predicted octanol–water partition coefficient (Wildman–Crippen LogP) is 1.27. The maximum Gasteiger partial charge on any atom is 0.251 e. The van der Waals surface area contributed by atoms with Crippen molar-refractivity contribution in [3.05, 3.63) is 0 Å². The average molecular weight is 282 g/mol. The van der Waals surface area contributed by atoms with E-state index in [1.165, 1.54) is 0 Å². The second-order valence-corrected chi connectivity index (χ2v) is 6.14. The number of ether oxygens (including phenoxy) is 1. The Hall–Kier alpha value is -1.10. The molecule has 5 nitrogen and oxygen atoms in total. The van der Waals surface area contributed by atoms with Crippen LogP contribution in [0.3, 0.4) is 0 Å². The summed E-state index contributed by atoms with van der Waals surface area (Å²) in [5.74, 6) is 0.890. The van der Waals surface area contributed by atoms with Gasteiger partial charge in [-0.2, -0.15) is 0 Å². The highest BCUT2D eigenvalue weighted by Gasteiger charge is 2.31. The highest BCUT2D eigenvalue weighted by Crippen LogP contribution is 2.16. The van der Waals surface area contributed by atoms with Gasteiger partial charge in [0, 0.05) is 39.2 Å². The lowest BCUT2D eigenvalue weighted by molar-refractivity contribution is -0.146. The SMILES string of the molecule is CC(C)CCC(=O)N1CCN(C(=O)C2CCCO2)CC1. The van der Waals surface area contributed by atoms with Crippen molar-refractivity contribution in [2.24, 2.45) is 5.92 Å². The van der Waals surface area contributed by atoms with Gasteiger partial charge < -0.3 is 14.5 Å². The minimum absolute atomic E-state index is 0.108. The molecule has 0 saturated carbocycles. The van der Waals surface area contributed by atoms with Gasteiger partial charge in [-0.1, -0.05) is 13.8 Å². The summed E-state index contributed by atoms with van der Waals surface area (Å²) in [6.45, 7) is 7.57. The first-order valence-corrected chi connectivity index (χ1v) is 7.76. The number of carbonyl (C=O) groups is 2. The summed E-state index contributed by atoms with van der Waals surface area (Å²) < 4.78 is 5.44. The van der Waals surface area contributed by atoms with Gasteiger partial charge in [-0.05, 0) is 25.2 Å². The van der Waals surface area contributed by atoms with E-state index in [0.717, 1.165) is 19.3 Å². The Balaban J connectivity index is 1.74. The van der Waals surface area contributed by atoms with Gasteiger partial charge in [-0.15, -0.1) is 0 Å². The van der Waals surface area contributed by atoms with Crippen LogP contribution < -0.4 is 0 Å². The van der Waals surface area contributed by atoms with Crippen LogP contribution >= 0.6 is 0 Å². The maximum absolute atomic E-state index is 12.2. The van der Waals surface area contributed by atoms with Gasteiger partial charge in [0.25, 0.3) is 5.91 Å². The van der Waals surface area contributed by atoms with E-state index in [1.807, 2.05) is 9.80 Å². The quantitative estimate of drug-likeness (QED) is 0.780. The molecule has 0 aromatic carbocycles. The molecule has 5 heteroatoms. The summed E-state index contributed by atoms with van der Waals surface area (Å²) in [6.07, 6.45) is 3.14. The van der Waals surface area contributed by atoms with E-state index in [2.05, 4.69) is 13.8 Å². The van der Waals surface area contributed by atoms with Crippen LogP contribution in [0.25, 0.3) is 0 Å². The van der Waals surface area contributed by atoms with Crippen molar-refractivity contribution >= 4 is 11.8 Å². The first kappa shape index (κ1) is 15.3. The van der Waals surface area contributed by atoms with Gasteiger partial charge in [-0.3, -0.25) is 9.59 Å². The second-order valence-electron chi connectivity index (χ2n) is 6.14. The number of piperazine rings is 1. The standard InChI is InChI=1S/C15H26N2O3/c1-12(2)5-6-14(18)16-7-9-17(10-8-16)15(19)13-4-3-11-20-13/h12-13H,3-11H2,1-2H3. The summed E-state index contributed by atoms with van der Waals surface area (Å²) in [7, 11) is 0. The van der Waals surface area contributed by atoms with E-state index >= 15 is 0 Å². The van der Waals surface area contributed by atoms with Crippen LogP contribution in [0.2, 0.25) is 0 Å². The average Bonchev–Trinajstić information content (AvgIpc) is 2.98. The molecule has 20 heavy (non-hydrogen) atoms. The second kappa shape index (κ2) is 7.07. The van der Waals surface area contributed by atoms with Crippen molar-refractivity contribution < 1.29 is 14.3 Å². The Bertz CT molecular complexity index is 343. The van der Waals surface area contributed by atoms with Crippen LogP contribution in [0.4, 0.5) is 0 Å². The minimum Gasteiger partial charge on any atom is -0.368 e. The molecule has 0 aromatic rings. The molecule has 1 unspecified atom stereocenters. The first-order valence-electron chi connectivity index (χ1n) is 7.76. The van der Waals surface area contributed by atoms with E-state index in [9.17, 15) is 9.59 Å². The number of rotatable bonds is 4. The van der Waals surface area contributed by atoms with Crippen LogP contribution in [0.5, 0.6) is 0 Å². The van der Waals surface area contributed by atoms with Crippen molar-refractivity contribution in [1.29, 1.82) is 0 Å². The molecule has 1 atom stereocenters. The number of nitrogens with zero attached hydrogens (tertiary/aromatic N) is 2. The van der Waals surface area contributed by atoms with Crippen LogP contribution in [0.15, 0.2) is 0 Å². The van der Waals surface area contributed by atoms with Crippen molar-refractivity contribution in [2.75, 3.05) is 32.8 Å². The zero-order valence-electron chi connectivity index (χ0n) is 12.6. The molecular formula is C15H26N2O3. The van der Waals surface area contributed by atoms with E-state index in [-0.39, 0.29) is 17.9 Å². The molecular weight excluding hydrogens is 256 g/mol. The molecule has 0 aliphatic carbocycles. The molecule has 0 radical (unpaired) electrons. The number of hydrogen-bond acceptors (Lipinski definition) is 3. The summed E-state index contributed by atoms with van der Waals surface area (Å²) in [4.78, 5) is 28.0. The summed E-state index contributed by atoms with van der Waals surface area (Å²) >= 11 is 0. The molecule has 2 fully saturated rings. The summed E-state index contributed by atoms with van der Waals surface area (Å²) in [5, 5.41) is 0. The number of carbonyl (C=O) groups excluding carboxylic acids is 2. The van der Waals surface area contributed by atoms with Crippen molar-refractivity contribution in [3.8, 4) is 0 Å². The highest BCUT2D eigenvalue weighted by atomic mass is 16.5. The topological polar surface area (TPSA) is 49.9 Å². The van der Waals surface area contributed by atoms with E-state index in [4.69, 9.17) is 4.74 Å². The molecule has 2 aliphatic rings. The molecule has 0 N–H and O–H groups in total. The largest absolute Gasteiger partial charge is 0.368 e. The number of hydrogen-bond donors (Lipinski definition) is 0. The zero-order chi connectivity index (χ0) is 14.5. The van der Waals surface area contributed by atoms with Crippen LogP contribution in [0.1, 0.15) is 39.5 Å². The molecule has 2 rings (SSSR count). The van der Waals surface area contributed by atoms with Crippen molar-refractivity contribution in [3.63, 3.8) is 0 Å². The Morgan fingerprint density at radius 2 is 1.80 bits per heavy atom. The van der Waals surface area contributed by atoms with Crippen molar-refractivity contribution in [2.45, 2.75) is 45.6 Å². The van der Waals surface area contributed by atoms with E-state index in [0.29, 0.717) is 45.1 Å². The van der Waals surface area contributed by atoms with Gasteiger partial charge in [0.15, 0.2) is 0 Å². The fourth-order valence-corrected chi connectivity index (χ4v) is 2.72. The predicted molar refractivity (Wildman–Crippen MR) is 76.2 cm³/mol. The smallest absolute Gasteiger partial charge is 0.251 e. The number of amides is 2. The molecule has 0 spiro atoms. The Kier molecular flexibility index (Phi) is 5.40. The van der Waals surface area contributed by atoms with Gasteiger partial charge in [-0.25, -0.2) is 0 Å². The Labute approximate surface area is 121 Å². The van der Waals surface area contributed by atoms with Gasteiger partial charge in [0.1, 0.15) is 6.10 Å². The van der Waals surface area contributed by atoms with Gasteiger partial charge >= 0.3 is 0 Å². The third-order valence-electron chi connectivity index (χ3n) is 4.08. The normalized spacial score (nSPS) is 23.4. The molecule has 2 heterocycles. The van der Waals surface area contributed by atoms with Crippen LogP contribution in [0, 0.1) is 5.92 Å². The summed E-state index contributed by atoms with van der Waals surface area (Å²) in [5.41, 5.74) is 0. The molecule has 114 valence electrons. The third-order valence-corrected chi connectivity index (χ3v) is 4.08. The first-order chi connectivity index (χ1) is 9.58. The van der Waals surface area contributed by atoms with E-state index < -0.39 is 0 Å². The summed E-state index contributed by atoms with van der Waals surface area (Å²) in [6, 6.07) is 0. The van der Waals surface area contributed by atoms with Crippen LogP contribution in [-0.2, 0) is 14.3 Å². The lowest BCUT2D eigenvalue weighted by Gasteiger charge is -2.35. The van der Waals surface area contributed by atoms with E-state index in [1.54, 1.807) is 0 Å². The highest BCUT2D eigenvalue weighted by molar-refractivity contribution is 5.82. The van der Waals surface area contributed by atoms with Crippen molar-refractivity contribution in [1.82, 2.24) is 9.80 Å². The molecule has 2 amide bonds. The Morgan fingerprint density at radius 1 is 1.15 bits per heavy atom. The molecule has 0 bridgehead atoms. The molecule has 0 aromatic heterocycles. The lowest BCUT2D eigenvalue weighted by Crippen LogP contribution is -2.52. The maximum atomic E-state index is 12.2. The Morgan fingerprint density at radius 3 is 2.35 bits per heavy atom. The van der Waals surface area contributed by atoms with Gasteiger partial charge in [0.05, 0.1) is 0 Å². The monoisotopic (exact) mass is 282 g/mol. The fourth-order valence-electron chi connectivity index (χ4n) is 2.72.